The Kier molecular flexibility index (Phi) is 6.26. The minimum Gasteiger partial charge on any atom is -0.454 e. The maximum absolute atomic E-state index is 12.8. The molecule has 2 heterocycles. The third-order valence-electron chi connectivity index (χ3n) is 5.88. The van der Waals surface area contributed by atoms with Crippen LogP contribution in [-0.4, -0.2) is 24.2 Å². The van der Waals surface area contributed by atoms with E-state index < -0.39 is 0 Å². The number of hydrogen-bond acceptors (Lipinski definition) is 3. The number of unbranched alkanes of at least 4 members (excludes halogenated alkanes) is 2. The number of aromatic nitrogens is 1. The first-order valence-corrected chi connectivity index (χ1v) is 11.0. The summed E-state index contributed by atoms with van der Waals surface area (Å²) in [6.07, 6.45) is 6.71. The topological polar surface area (TPSA) is 63.4 Å². The highest BCUT2D eigenvalue weighted by molar-refractivity contribution is 5.88. The Balaban J connectivity index is 1.66. The number of nitrogens with one attached hydrogen (secondary N) is 2. The molecular formula is C25H30N2O3. The van der Waals surface area contributed by atoms with Crippen molar-refractivity contribution in [3.05, 3.63) is 59.3 Å². The first-order valence-electron chi connectivity index (χ1n) is 11.0. The van der Waals surface area contributed by atoms with Crippen LogP contribution in [0.4, 0.5) is 0 Å². The van der Waals surface area contributed by atoms with Crippen LogP contribution in [0.1, 0.15) is 62.1 Å². The summed E-state index contributed by atoms with van der Waals surface area (Å²) in [6.45, 7) is 5.30. The zero-order chi connectivity index (χ0) is 20.9. The lowest BCUT2D eigenvalue weighted by molar-refractivity contribution is -0.121. The first kappa shape index (κ1) is 20.3. The Labute approximate surface area is 177 Å². The molecule has 0 fully saturated rings. The minimum absolute atomic E-state index is 0.0634. The maximum atomic E-state index is 12.8. The zero-order valence-electron chi connectivity index (χ0n) is 17.8. The summed E-state index contributed by atoms with van der Waals surface area (Å²) in [6, 6.07) is 12.4. The molecule has 0 bridgehead atoms. The molecule has 158 valence electrons. The molecule has 2 N–H and O–H groups in total. The molecule has 0 saturated carbocycles. The van der Waals surface area contributed by atoms with E-state index >= 15 is 0 Å². The molecular weight excluding hydrogens is 376 g/mol. The third-order valence-corrected chi connectivity index (χ3v) is 5.88. The van der Waals surface area contributed by atoms with Gasteiger partial charge in [-0.2, -0.15) is 0 Å². The fourth-order valence-electron chi connectivity index (χ4n) is 4.22. The lowest BCUT2D eigenvalue weighted by atomic mass is 9.87. The first-order chi connectivity index (χ1) is 14.7. The summed E-state index contributed by atoms with van der Waals surface area (Å²) >= 11 is 0. The van der Waals surface area contributed by atoms with Crippen LogP contribution in [0.25, 0.3) is 10.9 Å². The molecule has 30 heavy (non-hydrogen) atoms. The average Bonchev–Trinajstić information content (AvgIpc) is 3.41. The van der Waals surface area contributed by atoms with Crippen LogP contribution in [0.15, 0.2) is 42.6 Å². The summed E-state index contributed by atoms with van der Waals surface area (Å²) in [5.74, 6) is 1.52. The second kappa shape index (κ2) is 9.24. The quantitative estimate of drug-likeness (QED) is 0.475. The Morgan fingerprint density at radius 1 is 1.13 bits per heavy atom. The molecule has 0 saturated heterocycles. The second-order valence-electron chi connectivity index (χ2n) is 7.86. The van der Waals surface area contributed by atoms with E-state index in [2.05, 4.69) is 48.5 Å². The van der Waals surface area contributed by atoms with E-state index in [9.17, 15) is 4.79 Å². The van der Waals surface area contributed by atoms with Gasteiger partial charge in [0.05, 0.1) is 0 Å². The molecule has 0 unspecified atom stereocenters. The van der Waals surface area contributed by atoms with Crippen LogP contribution in [0.2, 0.25) is 0 Å². The third kappa shape index (κ3) is 4.16. The average molecular weight is 407 g/mol. The number of fused-ring (bicyclic) bond motifs is 2. The number of carbonyl (C=O) groups is 1. The van der Waals surface area contributed by atoms with E-state index in [0.29, 0.717) is 6.42 Å². The van der Waals surface area contributed by atoms with Crippen molar-refractivity contribution in [3.8, 4) is 11.5 Å². The normalized spacial score (nSPS) is 13.5. The number of carbonyl (C=O) groups excluding carboxylic acids is 1. The van der Waals surface area contributed by atoms with E-state index in [4.69, 9.17) is 9.47 Å². The molecule has 4 rings (SSSR count). The number of amides is 1. The van der Waals surface area contributed by atoms with Crippen molar-refractivity contribution in [2.45, 2.75) is 51.9 Å². The van der Waals surface area contributed by atoms with Crippen molar-refractivity contribution >= 4 is 16.8 Å². The zero-order valence-corrected chi connectivity index (χ0v) is 17.8. The SMILES string of the molecule is CCCCCNC(=O)C[C@H](c1ccc2c(c1)OCO2)c1c[nH]c2c(CC)cccc12. The number of H-pyrrole nitrogens is 1. The van der Waals surface area contributed by atoms with Crippen LogP contribution in [0.3, 0.4) is 0 Å². The highest BCUT2D eigenvalue weighted by atomic mass is 16.7. The second-order valence-corrected chi connectivity index (χ2v) is 7.86. The van der Waals surface area contributed by atoms with Crippen LogP contribution in [0, 0.1) is 0 Å². The van der Waals surface area contributed by atoms with Crippen molar-refractivity contribution in [2.75, 3.05) is 13.3 Å². The molecule has 2 aromatic carbocycles. The lowest BCUT2D eigenvalue weighted by Gasteiger charge is -2.18. The lowest BCUT2D eigenvalue weighted by Crippen LogP contribution is -2.26. The van der Waals surface area contributed by atoms with Gasteiger partial charge in [0, 0.05) is 36.0 Å². The monoisotopic (exact) mass is 406 g/mol. The van der Waals surface area contributed by atoms with E-state index in [-0.39, 0.29) is 18.6 Å². The van der Waals surface area contributed by atoms with Crippen LogP contribution < -0.4 is 14.8 Å². The highest BCUT2D eigenvalue weighted by Crippen LogP contribution is 2.39. The molecule has 5 heteroatoms. The van der Waals surface area contributed by atoms with Crippen LogP contribution in [-0.2, 0) is 11.2 Å². The van der Waals surface area contributed by atoms with Gasteiger partial charge in [-0.1, -0.05) is 51.0 Å². The Morgan fingerprint density at radius 2 is 2.00 bits per heavy atom. The summed E-state index contributed by atoms with van der Waals surface area (Å²) in [4.78, 5) is 16.3. The summed E-state index contributed by atoms with van der Waals surface area (Å²) < 4.78 is 11.1. The van der Waals surface area contributed by atoms with Gasteiger partial charge in [-0.3, -0.25) is 4.79 Å². The molecule has 5 nitrogen and oxygen atoms in total. The largest absolute Gasteiger partial charge is 0.454 e. The minimum atomic E-state index is -0.0634. The van der Waals surface area contributed by atoms with Gasteiger partial charge in [-0.15, -0.1) is 0 Å². The van der Waals surface area contributed by atoms with Gasteiger partial charge in [0.25, 0.3) is 0 Å². The van der Waals surface area contributed by atoms with Gasteiger partial charge in [-0.25, -0.2) is 0 Å². The highest BCUT2D eigenvalue weighted by Gasteiger charge is 2.24. The molecule has 3 aromatic rings. The Morgan fingerprint density at radius 3 is 2.83 bits per heavy atom. The van der Waals surface area contributed by atoms with Gasteiger partial charge in [-0.05, 0) is 41.7 Å². The molecule has 1 atom stereocenters. The van der Waals surface area contributed by atoms with Crippen molar-refractivity contribution in [3.63, 3.8) is 0 Å². The fourth-order valence-corrected chi connectivity index (χ4v) is 4.22. The fraction of sp³-hybridized carbons (Fsp3) is 0.400. The van der Waals surface area contributed by atoms with Crippen molar-refractivity contribution in [1.29, 1.82) is 0 Å². The van der Waals surface area contributed by atoms with E-state index in [1.807, 2.05) is 18.2 Å². The van der Waals surface area contributed by atoms with Crippen molar-refractivity contribution < 1.29 is 14.3 Å². The molecule has 0 radical (unpaired) electrons. The standard InChI is InChI=1S/C25H30N2O3/c1-3-5-6-12-26-24(28)14-20(18-10-11-22-23(13-18)30-16-29-22)21-15-27-25-17(4-2)8-7-9-19(21)25/h7-11,13,15,20,27H,3-6,12,14,16H2,1-2H3,(H,26,28)/t20-/m1/s1. The van der Waals surface area contributed by atoms with Gasteiger partial charge in [0.15, 0.2) is 11.5 Å². The molecule has 0 spiro atoms. The molecule has 0 aliphatic carbocycles. The maximum Gasteiger partial charge on any atom is 0.231 e. The number of rotatable bonds is 9. The van der Waals surface area contributed by atoms with E-state index in [0.717, 1.165) is 60.4 Å². The van der Waals surface area contributed by atoms with Crippen molar-refractivity contribution in [1.82, 2.24) is 10.3 Å². The molecule has 1 aromatic heterocycles. The number of ether oxygens (including phenoxy) is 2. The predicted octanol–water partition coefficient (Wildman–Crippen LogP) is 5.29. The van der Waals surface area contributed by atoms with Gasteiger partial charge in [0.2, 0.25) is 12.7 Å². The molecule has 1 amide bonds. The number of para-hydroxylation sites is 1. The van der Waals surface area contributed by atoms with Gasteiger partial charge < -0.3 is 19.8 Å². The Bertz CT molecular complexity index is 1020. The van der Waals surface area contributed by atoms with Crippen LogP contribution in [0.5, 0.6) is 11.5 Å². The Hall–Kier alpha value is -2.95. The molecule has 1 aliphatic heterocycles. The smallest absolute Gasteiger partial charge is 0.231 e. The summed E-state index contributed by atoms with van der Waals surface area (Å²) in [5, 5.41) is 4.27. The summed E-state index contributed by atoms with van der Waals surface area (Å²) in [5.41, 5.74) is 4.64. The number of aryl methyl sites for hydroxylation is 1. The van der Waals surface area contributed by atoms with Gasteiger partial charge in [0.1, 0.15) is 0 Å². The number of aromatic amines is 1. The van der Waals surface area contributed by atoms with Gasteiger partial charge >= 0.3 is 0 Å². The van der Waals surface area contributed by atoms with E-state index in [1.165, 1.54) is 10.9 Å². The number of benzene rings is 2. The van der Waals surface area contributed by atoms with Crippen LogP contribution >= 0.6 is 0 Å². The summed E-state index contributed by atoms with van der Waals surface area (Å²) in [7, 11) is 0. The molecule has 1 aliphatic rings. The van der Waals surface area contributed by atoms with E-state index in [1.54, 1.807) is 0 Å². The number of hydrogen-bond donors (Lipinski definition) is 2. The van der Waals surface area contributed by atoms with Crippen molar-refractivity contribution in [2.24, 2.45) is 0 Å². The predicted molar refractivity (Wildman–Crippen MR) is 119 cm³/mol.